The molecule has 1 saturated heterocycles. The van der Waals surface area contributed by atoms with Crippen LogP contribution in [0.1, 0.15) is 50.7 Å². The number of rotatable bonds is 10. The predicted octanol–water partition coefficient (Wildman–Crippen LogP) is 2.73. The van der Waals surface area contributed by atoms with Crippen LogP contribution in [0.2, 0.25) is 0 Å². The molecule has 0 saturated carbocycles. The van der Waals surface area contributed by atoms with E-state index in [-0.39, 0.29) is 13.0 Å². The highest BCUT2D eigenvalue weighted by Gasteiger charge is 2.37. The monoisotopic (exact) mass is 407 g/mol. The molecule has 0 amide bonds. The number of hydrogen-bond acceptors (Lipinski definition) is 6. The van der Waals surface area contributed by atoms with E-state index >= 15 is 0 Å². The summed E-state index contributed by atoms with van der Waals surface area (Å²) in [5.74, 6) is 0.705. The molecule has 29 heavy (non-hydrogen) atoms. The number of nitrogens with zero attached hydrogens (tertiary/aromatic N) is 1. The predicted molar refractivity (Wildman–Crippen MR) is 115 cm³/mol. The van der Waals surface area contributed by atoms with Gasteiger partial charge in [-0.15, -0.1) is 0 Å². The van der Waals surface area contributed by atoms with Crippen LogP contribution in [0.3, 0.4) is 0 Å². The van der Waals surface area contributed by atoms with Crippen molar-refractivity contribution in [3.63, 3.8) is 0 Å². The Morgan fingerprint density at radius 2 is 2.07 bits per heavy atom. The Morgan fingerprint density at radius 1 is 1.31 bits per heavy atom. The lowest BCUT2D eigenvalue weighted by atomic mass is 9.95. The quantitative estimate of drug-likeness (QED) is 0.553. The molecule has 4 atom stereocenters. The van der Waals surface area contributed by atoms with Crippen LogP contribution in [0.5, 0.6) is 5.75 Å². The van der Waals surface area contributed by atoms with Gasteiger partial charge in [0, 0.05) is 18.5 Å². The second kappa shape index (κ2) is 11.7. The summed E-state index contributed by atoms with van der Waals surface area (Å²) in [7, 11) is 2.12. The minimum Gasteiger partial charge on any atom is -0.464 e. The molecule has 6 nitrogen and oxygen atoms in total. The van der Waals surface area contributed by atoms with Crippen LogP contribution in [0.15, 0.2) is 24.3 Å². The summed E-state index contributed by atoms with van der Waals surface area (Å²) in [5.41, 5.74) is 3.43. The van der Waals surface area contributed by atoms with Gasteiger partial charge in [0.2, 0.25) is 6.29 Å². The Hall–Kier alpha value is -1.44. The van der Waals surface area contributed by atoms with Crippen LogP contribution in [0.4, 0.5) is 0 Å². The fraction of sp³-hybridized carbons (Fsp3) is 0.652. The highest BCUT2D eigenvalue weighted by atomic mass is 16.7. The molecule has 0 radical (unpaired) electrons. The van der Waals surface area contributed by atoms with Crippen LogP contribution < -0.4 is 4.74 Å². The summed E-state index contributed by atoms with van der Waals surface area (Å²) in [6, 6.07) is 5.93. The van der Waals surface area contributed by atoms with Crippen molar-refractivity contribution in [3.8, 4) is 5.75 Å². The Labute approximate surface area is 174 Å². The van der Waals surface area contributed by atoms with Gasteiger partial charge < -0.3 is 29.7 Å². The highest BCUT2D eigenvalue weighted by molar-refractivity contribution is 5.73. The average Bonchev–Trinajstić information content (AvgIpc) is 2.71. The maximum absolute atomic E-state index is 10.1. The normalized spacial score (nSPS) is 25.4. The lowest BCUT2D eigenvalue weighted by molar-refractivity contribution is -0.230. The van der Waals surface area contributed by atoms with Gasteiger partial charge in [-0.1, -0.05) is 38.5 Å². The molecular formula is C23H37NO5. The van der Waals surface area contributed by atoms with Crippen molar-refractivity contribution >= 4 is 5.57 Å². The molecule has 3 N–H and O–H groups in total. The van der Waals surface area contributed by atoms with E-state index < -0.39 is 24.6 Å². The van der Waals surface area contributed by atoms with Gasteiger partial charge in [-0.05, 0) is 50.6 Å². The summed E-state index contributed by atoms with van der Waals surface area (Å²) in [6.07, 6.45) is 1.74. The highest BCUT2D eigenvalue weighted by Crippen LogP contribution is 2.34. The molecule has 6 heteroatoms. The number of ether oxygens (including phenoxy) is 2. The van der Waals surface area contributed by atoms with Crippen molar-refractivity contribution in [1.29, 1.82) is 0 Å². The van der Waals surface area contributed by atoms with Gasteiger partial charge in [-0.2, -0.15) is 0 Å². The Kier molecular flexibility index (Phi) is 9.59. The maximum Gasteiger partial charge on any atom is 0.202 e. The standard InChI is InChI=1S/C23H37NO5/c1-5-7-10-17(12-13-24(4)6-2)22-16(3)9-8-11-19(22)28-21-14-18(26)23(27)20(15-25)29-21/h8-11,18,20-21,23,25-27H,5-7,12-15H2,1-4H3/b17-10-/t18-,20-,21+,23+/m1/s1. The Morgan fingerprint density at radius 3 is 2.72 bits per heavy atom. The zero-order valence-electron chi connectivity index (χ0n) is 18.2. The molecule has 0 aromatic heterocycles. The third kappa shape index (κ3) is 6.52. The van der Waals surface area contributed by atoms with E-state index in [0.717, 1.165) is 43.5 Å². The zero-order chi connectivity index (χ0) is 21.4. The maximum atomic E-state index is 10.1. The van der Waals surface area contributed by atoms with Gasteiger partial charge in [-0.25, -0.2) is 0 Å². The molecule has 2 rings (SSSR count). The van der Waals surface area contributed by atoms with E-state index in [2.05, 4.69) is 44.9 Å². The van der Waals surface area contributed by atoms with E-state index in [1.807, 2.05) is 12.1 Å². The number of benzene rings is 1. The van der Waals surface area contributed by atoms with Crippen molar-refractivity contribution in [2.45, 2.75) is 71.1 Å². The molecule has 164 valence electrons. The SMILES string of the molecule is CCC/C=C(/CCN(C)CC)c1c(C)cccc1O[C@@H]1C[C@@H](O)[C@H](O)[C@@H](CO)O1. The van der Waals surface area contributed by atoms with Crippen LogP contribution >= 0.6 is 0 Å². The summed E-state index contributed by atoms with van der Waals surface area (Å²) in [6.45, 7) is 7.97. The van der Waals surface area contributed by atoms with Crippen molar-refractivity contribution in [2.24, 2.45) is 0 Å². The minimum absolute atomic E-state index is 0.150. The van der Waals surface area contributed by atoms with Crippen molar-refractivity contribution in [3.05, 3.63) is 35.4 Å². The molecule has 0 spiro atoms. The number of allylic oxidation sites excluding steroid dienone is 1. The van der Waals surface area contributed by atoms with E-state index in [1.54, 1.807) is 0 Å². The van der Waals surface area contributed by atoms with Gasteiger partial charge in [0.15, 0.2) is 0 Å². The van der Waals surface area contributed by atoms with Gasteiger partial charge >= 0.3 is 0 Å². The summed E-state index contributed by atoms with van der Waals surface area (Å²) < 4.78 is 11.8. The Bertz CT molecular complexity index is 663. The molecule has 0 bridgehead atoms. The molecule has 1 heterocycles. The number of hydrogen-bond donors (Lipinski definition) is 3. The zero-order valence-corrected chi connectivity index (χ0v) is 18.2. The first kappa shape index (κ1) is 23.8. The average molecular weight is 408 g/mol. The lowest BCUT2D eigenvalue weighted by Crippen LogP contribution is -2.51. The molecule has 1 aliphatic heterocycles. The first-order valence-corrected chi connectivity index (χ1v) is 10.7. The molecule has 1 aromatic rings. The van der Waals surface area contributed by atoms with Crippen LogP contribution in [0.25, 0.3) is 5.57 Å². The first-order chi connectivity index (χ1) is 13.9. The fourth-order valence-corrected chi connectivity index (χ4v) is 3.55. The van der Waals surface area contributed by atoms with Gasteiger partial charge in [0.1, 0.15) is 18.0 Å². The lowest BCUT2D eigenvalue weighted by Gasteiger charge is -2.36. The smallest absolute Gasteiger partial charge is 0.202 e. The van der Waals surface area contributed by atoms with E-state index in [1.165, 1.54) is 5.57 Å². The molecule has 0 aliphatic carbocycles. The number of aryl methyl sites for hydroxylation is 1. The first-order valence-electron chi connectivity index (χ1n) is 10.7. The van der Waals surface area contributed by atoms with Crippen molar-refractivity contribution in [1.82, 2.24) is 4.90 Å². The number of unbranched alkanes of at least 4 members (excludes halogenated alkanes) is 1. The van der Waals surface area contributed by atoms with Crippen LogP contribution in [0, 0.1) is 6.92 Å². The molecule has 1 aliphatic rings. The fourth-order valence-electron chi connectivity index (χ4n) is 3.55. The van der Waals surface area contributed by atoms with E-state index in [4.69, 9.17) is 9.47 Å². The van der Waals surface area contributed by atoms with Crippen LogP contribution in [-0.4, -0.2) is 71.6 Å². The second-order valence-electron chi connectivity index (χ2n) is 7.81. The summed E-state index contributed by atoms with van der Waals surface area (Å²) in [4.78, 5) is 2.28. The van der Waals surface area contributed by atoms with Gasteiger partial charge in [0.05, 0.1) is 12.7 Å². The van der Waals surface area contributed by atoms with Crippen molar-refractivity contribution < 1.29 is 24.8 Å². The topological polar surface area (TPSA) is 82.4 Å². The second-order valence-corrected chi connectivity index (χ2v) is 7.81. The van der Waals surface area contributed by atoms with Crippen LogP contribution in [-0.2, 0) is 4.74 Å². The third-order valence-corrected chi connectivity index (χ3v) is 5.51. The molecule has 0 unspecified atom stereocenters. The molecular weight excluding hydrogens is 370 g/mol. The third-order valence-electron chi connectivity index (χ3n) is 5.51. The van der Waals surface area contributed by atoms with Gasteiger partial charge in [-0.3, -0.25) is 0 Å². The Balaban J connectivity index is 2.28. The summed E-state index contributed by atoms with van der Waals surface area (Å²) in [5, 5.41) is 29.5. The molecule has 1 aromatic carbocycles. The minimum atomic E-state index is -1.11. The molecule has 1 fully saturated rings. The summed E-state index contributed by atoms with van der Waals surface area (Å²) >= 11 is 0. The van der Waals surface area contributed by atoms with Crippen molar-refractivity contribution in [2.75, 3.05) is 26.7 Å². The largest absolute Gasteiger partial charge is 0.464 e. The number of aliphatic hydroxyl groups excluding tert-OH is 3. The number of aliphatic hydroxyl groups is 3. The van der Waals surface area contributed by atoms with Gasteiger partial charge in [0.25, 0.3) is 0 Å². The van der Waals surface area contributed by atoms with E-state index in [9.17, 15) is 15.3 Å². The van der Waals surface area contributed by atoms with E-state index in [0.29, 0.717) is 5.75 Å².